The molecule has 0 heterocycles. The highest BCUT2D eigenvalue weighted by molar-refractivity contribution is 5.95. The maximum absolute atomic E-state index is 3.23. The van der Waals surface area contributed by atoms with Gasteiger partial charge in [-0.15, -0.1) is 0 Å². The molecule has 0 aromatic heterocycles. The minimum atomic E-state index is -0.317. The lowest BCUT2D eigenvalue weighted by Crippen LogP contribution is -2.28. The Balaban J connectivity index is 1.83. The molecular weight excluding hydrogens is 348 g/mol. The van der Waals surface area contributed by atoms with Gasteiger partial charge in [0.05, 0.1) is 5.41 Å². The van der Waals surface area contributed by atoms with Crippen molar-refractivity contribution in [1.82, 2.24) is 0 Å². The molecule has 0 amide bonds. The van der Waals surface area contributed by atoms with Gasteiger partial charge in [-0.05, 0) is 68.4 Å². The van der Waals surface area contributed by atoms with Crippen LogP contribution in [-0.4, -0.2) is 0 Å². The second-order valence-electron chi connectivity index (χ2n) is 7.70. The van der Waals surface area contributed by atoms with Gasteiger partial charge in [-0.3, -0.25) is 0 Å². The van der Waals surface area contributed by atoms with Crippen molar-refractivity contribution < 1.29 is 0 Å². The van der Waals surface area contributed by atoms with Gasteiger partial charge in [-0.1, -0.05) is 97.1 Å². The summed E-state index contributed by atoms with van der Waals surface area (Å²) in [5.41, 5.74) is 7.64. The molecule has 1 radical (unpaired) electrons. The van der Waals surface area contributed by atoms with E-state index in [-0.39, 0.29) is 5.41 Å². The van der Waals surface area contributed by atoms with Crippen LogP contribution >= 0.6 is 0 Å². The molecule has 0 N–H and O–H groups in total. The second kappa shape index (κ2) is 6.18. The van der Waals surface area contributed by atoms with Crippen molar-refractivity contribution in [2.75, 3.05) is 0 Å². The van der Waals surface area contributed by atoms with Crippen LogP contribution in [-0.2, 0) is 5.41 Å². The van der Waals surface area contributed by atoms with E-state index in [1.165, 1.54) is 44.2 Å². The Labute approximate surface area is 171 Å². The smallest absolute Gasteiger partial charge is 0.0622 e. The molecule has 0 fully saturated rings. The van der Waals surface area contributed by atoms with Gasteiger partial charge in [0.15, 0.2) is 0 Å². The predicted octanol–water partition coefficient (Wildman–Crippen LogP) is 7.00. The first kappa shape index (κ1) is 16.3. The lowest BCUT2D eigenvalue weighted by molar-refractivity contribution is 0.769. The second-order valence-corrected chi connectivity index (χ2v) is 7.70. The lowest BCUT2D eigenvalue weighted by Gasteiger charge is -2.34. The molecule has 135 valence electrons. The first-order valence-electron chi connectivity index (χ1n) is 10.0. The summed E-state index contributed by atoms with van der Waals surface area (Å²) in [4.78, 5) is 0. The fourth-order valence-corrected chi connectivity index (χ4v) is 5.07. The maximum Gasteiger partial charge on any atom is 0.0713 e. The van der Waals surface area contributed by atoms with Crippen molar-refractivity contribution in [3.8, 4) is 11.1 Å². The van der Waals surface area contributed by atoms with E-state index in [1.807, 2.05) is 6.07 Å². The lowest BCUT2D eigenvalue weighted by atomic mass is 9.67. The van der Waals surface area contributed by atoms with Gasteiger partial charge in [0, 0.05) is 0 Å². The van der Waals surface area contributed by atoms with Crippen LogP contribution in [0.15, 0.2) is 115 Å². The largest absolute Gasteiger partial charge is 0.0713 e. The summed E-state index contributed by atoms with van der Waals surface area (Å²) in [6, 6.07) is 45.0. The van der Waals surface area contributed by atoms with Gasteiger partial charge >= 0.3 is 0 Å². The maximum atomic E-state index is 3.23. The molecule has 0 unspecified atom stereocenters. The van der Waals surface area contributed by atoms with E-state index in [0.717, 1.165) is 0 Å². The van der Waals surface area contributed by atoms with Crippen LogP contribution in [0.4, 0.5) is 0 Å². The third kappa shape index (κ3) is 2.20. The van der Waals surface area contributed by atoms with E-state index in [4.69, 9.17) is 0 Å². The zero-order valence-electron chi connectivity index (χ0n) is 16.0. The Kier molecular flexibility index (Phi) is 3.48. The summed E-state index contributed by atoms with van der Waals surface area (Å²) >= 11 is 0. The summed E-state index contributed by atoms with van der Waals surface area (Å²) in [7, 11) is 0. The van der Waals surface area contributed by atoms with Crippen LogP contribution in [0.2, 0.25) is 0 Å². The van der Waals surface area contributed by atoms with E-state index in [2.05, 4.69) is 115 Å². The topological polar surface area (TPSA) is 0 Å². The van der Waals surface area contributed by atoms with E-state index >= 15 is 0 Å². The monoisotopic (exact) mass is 367 g/mol. The molecule has 6 rings (SSSR count). The first-order valence-corrected chi connectivity index (χ1v) is 10.0. The van der Waals surface area contributed by atoms with Crippen molar-refractivity contribution in [3.63, 3.8) is 0 Å². The normalized spacial score (nSPS) is 13.8. The van der Waals surface area contributed by atoms with E-state index < -0.39 is 0 Å². The Bertz CT molecular complexity index is 1290. The summed E-state index contributed by atoms with van der Waals surface area (Å²) in [6.07, 6.45) is 0. The molecule has 0 atom stereocenters. The minimum Gasteiger partial charge on any atom is -0.0622 e. The molecule has 5 aromatic rings. The van der Waals surface area contributed by atoms with Gasteiger partial charge in [-0.2, -0.15) is 0 Å². The zero-order chi connectivity index (χ0) is 19.3. The van der Waals surface area contributed by atoms with Crippen LogP contribution in [0.5, 0.6) is 0 Å². The van der Waals surface area contributed by atoms with Crippen LogP contribution in [0.25, 0.3) is 21.9 Å². The molecule has 0 saturated heterocycles. The molecule has 1 aliphatic carbocycles. The zero-order valence-corrected chi connectivity index (χ0v) is 16.0. The Morgan fingerprint density at radius 2 is 1.17 bits per heavy atom. The average molecular weight is 367 g/mol. The van der Waals surface area contributed by atoms with E-state index in [9.17, 15) is 0 Å². The van der Waals surface area contributed by atoms with Gasteiger partial charge in [0.1, 0.15) is 0 Å². The Morgan fingerprint density at radius 1 is 0.517 bits per heavy atom. The molecule has 0 spiro atoms. The quantitative estimate of drug-likeness (QED) is 0.309. The van der Waals surface area contributed by atoms with Crippen molar-refractivity contribution in [2.24, 2.45) is 0 Å². The van der Waals surface area contributed by atoms with Gasteiger partial charge < -0.3 is 0 Å². The molecular formula is C29H19. The number of fused-ring (bicyclic) bond motifs is 4. The molecule has 29 heavy (non-hydrogen) atoms. The minimum absolute atomic E-state index is 0.317. The summed E-state index contributed by atoms with van der Waals surface area (Å²) in [5.74, 6) is 0. The van der Waals surface area contributed by atoms with Crippen LogP contribution < -0.4 is 0 Å². The average Bonchev–Trinajstić information content (AvgIpc) is 3.09. The van der Waals surface area contributed by atoms with Crippen molar-refractivity contribution >= 4 is 10.8 Å². The van der Waals surface area contributed by atoms with Crippen LogP contribution in [0.1, 0.15) is 22.3 Å². The highest BCUT2D eigenvalue weighted by Gasteiger charge is 2.45. The Hall–Kier alpha value is -3.64. The van der Waals surface area contributed by atoms with Gasteiger partial charge in [0.2, 0.25) is 0 Å². The van der Waals surface area contributed by atoms with Crippen LogP contribution in [0, 0.1) is 6.07 Å². The van der Waals surface area contributed by atoms with Crippen molar-refractivity contribution in [2.45, 2.75) is 5.41 Å². The fraction of sp³-hybridized carbons (Fsp3) is 0.0345. The molecule has 0 heteroatoms. The van der Waals surface area contributed by atoms with Crippen molar-refractivity contribution in [3.05, 3.63) is 144 Å². The molecule has 0 aliphatic heterocycles. The molecule has 0 nitrogen and oxygen atoms in total. The molecule has 0 saturated carbocycles. The summed E-state index contributed by atoms with van der Waals surface area (Å²) in [6.45, 7) is 0. The third-order valence-electron chi connectivity index (χ3n) is 6.26. The molecule has 1 aliphatic rings. The fourth-order valence-electron chi connectivity index (χ4n) is 5.07. The summed E-state index contributed by atoms with van der Waals surface area (Å²) in [5, 5.41) is 2.49. The van der Waals surface area contributed by atoms with Crippen molar-refractivity contribution in [1.29, 1.82) is 0 Å². The number of benzene rings is 5. The Morgan fingerprint density at radius 3 is 1.90 bits per heavy atom. The SMILES string of the molecule is [c]1ccc2cc3c(cc2c1)-c1ccccc1C3(c1ccccc1)c1ccccc1. The number of hydrogen-bond donors (Lipinski definition) is 0. The molecule has 5 aromatic carbocycles. The van der Waals surface area contributed by atoms with E-state index in [0.29, 0.717) is 0 Å². The van der Waals surface area contributed by atoms with Gasteiger partial charge in [-0.25, -0.2) is 0 Å². The van der Waals surface area contributed by atoms with E-state index in [1.54, 1.807) is 0 Å². The third-order valence-corrected chi connectivity index (χ3v) is 6.26. The highest BCUT2D eigenvalue weighted by Crippen LogP contribution is 2.56. The molecule has 0 bridgehead atoms. The first-order chi connectivity index (χ1) is 14.4. The predicted molar refractivity (Wildman–Crippen MR) is 120 cm³/mol. The standard InChI is InChI=1S/C29H19/c1-3-13-23(14-4-1)29(24-15-5-2-6-16-24)27-18-10-9-17-25(27)26-19-21-11-7-8-12-22(21)20-28(26)29/h1-6,8-20H. The van der Waals surface area contributed by atoms with Crippen LogP contribution in [0.3, 0.4) is 0 Å². The summed E-state index contributed by atoms with van der Waals surface area (Å²) < 4.78 is 0. The number of hydrogen-bond acceptors (Lipinski definition) is 0. The highest BCUT2D eigenvalue weighted by atomic mass is 14.5. The van der Waals surface area contributed by atoms with Gasteiger partial charge in [0.25, 0.3) is 0 Å². The number of rotatable bonds is 2.